The van der Waals surface area contributed by atoms with Crippen LogP contribution in [0.15, 0.2) is 0 Å². The van der Waals surface area contributed by atoms with Gasteiger partial charge in [-0.2, -0.15) is 11.8 Å². The van der Waals surface area contributed by atoms with E-state index in [4.69, 9.17) is 5.11 Å². The Hall–Kier alpha value is -0.960. The van der Waals surface area contributed by atoms with E-state index in [-0.39, 0.29) is 16.8 Å². The maximum absolute atomic E-state index is 12.0. The molecule has 0 aromatic carbocycles. The molecule has 2 amide bonds. The summed E-state index contributed by atoms with van der Waals surface area (Å²) in [6.07, 6.45) is 2.20. The van der Waals surface area contributed by atoms with Crippen LogP contribution in [0.25, 0.3) is 0 Å². The Bertz CT molecular complexity index is 465. The molecule has 1 heterocycles. The van der Waals surface area contributed by atoms with Gasteiger partial charge in [0.15, 0.2) is 9.84 Å². The van der Waals surface area contributed by atoms with Crippen molar-refractivity contribution in [3.05, 3.63) is 0 Å². The minimum Gasteiger partial charge on any atom is -0.480 e. The Balaban J connectivity index is 2.69. The summed E-state index contributed by atoms with van der Waals surface area (Å²) in [6, 6.07) is -1.07. The second-order valence-electron chi connectivity index (χ2n) is 4.81. The van der Waals surface area contributed by atoms with Gasteiger partial charge in [-0.3, -0.25) is 4.79 Å². The van der Waals surface area contributed by atoms with Gasteiger partial charge in [-0.1, -0.05) is 6.92 Å². The molecule has 0 aromatic heterocycles. The van der Waals surface area contributed by atoms with Gasteiger partial charge in [0.25, 0.3) is 0 Å². The number of aliphatic carboxylic acids is 1. The fraction of sp³-hybridized carbons (Fsp3) is 0.818. The van der Waals surface area contributed by atoms with Gasteiger partial charge in [0.05, 0.1) is 11.5 Å². The first-order chi connectivity index (χ1) is 9.25. The zero-order valence-electron chi connectivity index (χ0n) is 11.5. The highest BCUT2D eigenvalue weighted by Gasteiger charge is 2.35. The van der Waals surface area contributed by atoms with E-state index in [0.717, 1.165) is 4.90 Å². The summed E-state index contributed by atoms with van der Waals surface area (Å²) in [5.41, 5.74) is 0. The van der Waals surface area contributed by atoms with Gasteiger partial charge in [-0.25, -0.2) is 13.2 Å². The zero-order chi connectivity index (χ0) is 15.3. The number of hydrogen-bond acceptors (Lipinski definition) is 5. The molecule has 1 rings (SSSR count). The fourth-order valence-corrected chi connectivity index (χ4v) is 3.93. The van der Waals surface area contributed by atoms with Crippen molar-refractivity contribution in [2.24, 2.45) is 0 Å². The van der Waals surface area contributed by atoms with Gasteiger partial charge in [-0.05, 0) is 12.7 Å². The quantitative estimate of drug-likeness (QED) is 0.714. The lowest BCUT2D eigenvalue weighted by atomic mass is 10.2. The van der Waals surface area contributed by atoms with Crippen molar-refractivity contribution in [2.75, 3.05) is 30.9 Å². The highest BCUT2D eigenvalue weighted by Crippen LogP contribution is 2.18. The molecule has 1 aliphatic heterocycles. The average Bonchev–Trinajstić information content (AvgIpc) is 2.72. The number of urea groups is 1. The Labute approximate surface area is 123 Å². The van der Waals surface area contributed by atoms with Crippen LogP contribution in [0.3, 0.4) is 0 Å². The number of carboxylic acids is 1. The molecular formula is C11H20N2O5S2. The van der Waals surface area contributed by atoms with Crippen LogP contribution >= 0.6 is 11.8 Å². The number of rotatable bonds is 6. The second-order valence-corrected chi connectivity index (χ2v) is 8.32. The molecule has 1 aliphatic rings. The lowest BCUT2D eigenvalue weighted by Gasteiger charge is -2.27. The molecule has 20 heavy (non-hydrogen) atoms. The Morgan fingerprint density at radius 1 is 1.50 bits per heavy atom. The van der Waals surface area contributed by atoms with Crippen LogP contribution in [-0.2, 0) is 14.6 Å². The van der Waals surface area contributed by atoms with Crippen LogP contribution in [0.2, 0.25) is 0 Å². The molecule has 0 aliphatic carbocycles. The van der Waals surface area contributed by atoms with Gasteiger partial charge in [-0.15, -0.1) is 0 Å². The number of sulfone groups is 1. The van der Waals surface area contributed by atoms with Crippen LogP contribution < -0.4 is 5.32 Å². The van der Waals surface area contributed by atoms with Crippen molar-refractivity contribution >= 4 is 33.6 Å². The number of carbonyl (C=O) groups is 2. The first-order valence-electron chi connectivity index (χ1n) is 6.24. The summed E-state index contributed by atoms with van der Waals surface area (Å²) in [5, 5.41) is 11.7. The van der Waals surface area contributed by atoms with E-state index in [1.54, 1.807) is 11.8 Å². The maximum atomic E-state index is 12.0. The van der Waals surface area contributed by atoms with E-state index in [9.17, 15) is 18.0 Å². The molecule has 0 radical (unpaired) electrons. The summed E-state index contributed by atoms with van der Waals surface area (Å²) in [7, 11) is -3.16. The largest absolute Gasteiger partial charge is 0.480 e. The van der Waals surface area contributed by atoms with Gasteiger partial charge in [0, 0.05) is 17.8 Å². The van der Waals surface area contributed by atoms with Crippen LogP contribution in [0.5, 0.6) is 0 Å². The van der Waals surface area contributed by atoms with E-state index in [1.807, 2.05) is 13.2 Å². The maximum Gasteiger partial charge on any atom is 0.323 e. The predicted molar refractivity (Wildman–Crippen MR) is 77.8 cm³/mol. The van der Waals surface area contributed by atoms with Crippen LogP contribution in [0.1, 0.15) is 13.3 Å². The van der Waals surface area contributed by atoms with Gasteiger partial charge >= 0.3 is 12.0 Å². The highest BCUT2D eigenvalue weighted by atomic mass is 32.2. The summed E-state index contributed by atoms with van der Waals surface area (Å²) in [4.78, 5) is 24.0. The van der Waals surface area contributed by atoms with Crippen molar-refractivity contribution in [1.82, 2.24) is 10.2 Å². The molecule has 0 saturated carbocycles. The average molecular weight is 324 g/mol. The van der Waals surface area contributed by atoms with Crippen molar-refractivity contribution in [2.45, 2.75) is 24.6 Å². The molecule has 0 spiro atoms. The van der Waals surface area contributed by atoms with E-state index >= 15 is 0 Å². The van der Waals surface area contributed by atoms with Crippen LogP contribution in [-0.4, -0.2) is 72.6 Å². The topological polar surface area (TPSA) is 104 Å². The SMILES string of the molecule is CSC(C)CNC(=O)N(CC(=O)O)C1CCS(=O)(=O)C1. The third-order valence-electron chi connectivity index (χ3n) is 3.16. The van der Waals surface area contributed by atoms with Crippen molar-refractivity contribution in [3.63, 3.8) is 0 Å². The van der Waals surface area contributed by atoms with E-state index in [1.165, 1.54) is 0 Å². The summed E-state index contributed by atoms with van der Waals surface area (Å²) < 4.78 is 22.9. The highest BCUT2D eigenvalue weighted by molar-refractivity contribution is 7.99. The van der Waals surface area contributed by atoms with E-state index in [0.29, 0.717) is 13.0 Å². The first kappa shape index (κ1) is 17.1. The number of amides is 2. The molecule has 9 heteroatoms. The normalized spacial score (nSPS) is 22.2. The van der Waals surface area contributed by atoms with Crippen LogP contribution in [0, 0.1) is 0 Å². The smallest absolute Gasteiger partial charge is 0.323 e. The molecule has 0 bridgehead atoms. The molecule has 1 fully saturated rings. The molecule has 116 valence electrons. The third-order valence-corrected chi connectivity index (χ3v) is 5.88. The standard InChI is InChI=1S/C11H20N2O5S2/c1-8(19-2)5-12-11(16)13(6-10(14)15)9-3-4-20(17,18)7-9/h8-9H,3-7H2,1-2H3,(H,12,16)(H,14,15). The number of hydrogen-bond donors (Lipinski definition) is 2. The minimum absolute atomic E-state index is 0.00226. The molecule has 0 aromatic rings. The van der Waals surface area contributed by atoms with Crippen LogP contribution in [0.4, 0.5) is 4.79 Å². The van der Waals surface area contributed by atoms with Crippen molar-refractivity contribution in [3.8, 4) is 0 Å². The second kappa shape index (κ2) is 7.16. The number of nitrogens with zero attached hydrogens (tertiary/aromatic N) is 1. The Morgan fingerprint density at radius 2 is 2.15 bits per heavy atom. The number of nitrogens with one attached hydrogen (secondary N) is 1. The van der Waals surface area contributed by atoms with Gasteiger partial charge < -0.3 is 15.3 Å². The lowest BCUT2D eigenvalue weighted by molar-refractivity contribution is -0.138. The number of carbonyl (C=O) groups excluding carboxylic acids is 1. The predicted octanol–water partition coefficient (Wildman–Crippen LogP) is 0.0212. The Kier molecular flexibility index (Phi) is 6.12. The third kappa shape index (κ3) is 5.20. The van der Waals surface area contributed by atoms with Gasteiger partial charge in [0.2, 0.25) is 0 Å². The Morgan fingerprint density at radius 3 is 2.60 bits per heavy atom. The van der Waals surface area contributed by atoms with Crippen molar-refractivity contribution in [1.29, 1.82) is 0 Å². The van der Waals surface area contributed by atoms with Gasteiger partial charge in [0.1, 0.15) is 6.54 Å². The van der Waals surface area contributed by atoms with Crippen molar-refractivity contribution < 1.29 is 23.1 Å². The monoisotopic (exact) mass is 324 g/mol. The fourth-order valence-electron chi connectivity index (χ4n) is 1.95. The lowest BCUT2D eigenvalue weighted by Crippen LogP contribution is -2.50. The van der Waals surface area contributed by atoms with E-state index < -0.39 is 34.4 Å². The summed E-state index contributed by atoms with van der Waals surface area (Å²) in [6.45, 7) is 1.86. The first-order valence-corrected chi connectivity index (χ1v) is 9.35. The molecule has 2 unspecified atom stereocenters. The summed E-state index contributed by atoms with van der Waals surface area (Å²) >= 11 is 1.58. The number of thioether (sulfide) groups is 1. The summed E-state index contributed by atoms with van der Waals surface area (Å²) in [5.74, 6) is -1.31. The minimum atomic E-state index is -3.16. The zero-order valence-corrected chi connectivity index (χ0v) is 13.2. The molecule has 2 N–H and O–H groups in total. The number of carboxylic acid groups (broad SMARTS) is 1. The molecule has 7 nitrogen and oxygen atoms in total. The van der Waals surface area contributed by atoms with E-state index in [2.05, 4.69) is 5.32 Å². The molecule has 1 saturated heterocycles. The molecule has 2 atom stereocenters. The molecular weight excluding hydrogens is 304 g/mol.